The highest BCUT2D eigenvalue weighted by atomic mass is 19.1. The second-order valence-electron chi connectivity index (χ2n) is 4.16. The molecule has 4 nitrogen and oxygen atoms in total. The van der Waals surface area contributed by atoms with Crippen LogP contribution in [0.1, 0.15) is 0 Å². The fourth-order valence-corrected chi connectivity index (χ4v) is 2.07. The van der Waals surface area contributed by atoms with Gasteiger partial charge in [0.25, 0.3) is 5.69 Å². The van der Waals surface area contributed by atoms with Gasteiger partial charge in [0, 0.05) is 29.4 Å². The Labute approximate surface area is 107 Å². The lowest BCUT2D eigenvalue weighted by molar-refractivity contribution is -0.384. The highest BCUT2D eigenvalue weighted by Gasteiger charge is 2.09. The van der Waals surface area contributed by atoms with E-state index >= 15 is 0 Å². The maximum atomic E-state index is 12.9. The van der Waals surface area contributed by atoms with Gasteiger partial charge in [0.2, 0.25) is 0 Å². The average Bonchev–Trinajstić information content (AvgIpc) is 2.82. The second-order valence-corrected chi connectivity index (χ2v) is 4.16. The fourth-order valence-electron chi connectivity index (χ4n) is 2.07. The number of nitro benzene ring substituents is 1. The number of rotatable bonds is 2. The molecule has 5 heteroatoms. The van der Waals surface area contributed by atoms with Crippen LogP contribution in [0, 0.1) is 15.9 Å². The molecule has 0 bridgehead atoms. The van der Waals surface area contributed by atoms with Gasteiger partial charge in [0.15, 0.2) is 0 Å². The van der Waals surface area contributed by atoms with E-state index in [1.165, 1.54) is 24.3 Å². The maximum Gasteiger partial charge on any atom is 0.270 e. The summed E-state index contributed by atoms with van der Waals surface area (Å²) in [7, 11) is 0. The maximum absolute atomic E-state index is 12.9. The molecule has 0 atom stereocenters. The van der Waals surface area contributed by atoms with Crippen LogP contribution >= 0.6 is 0 Å². The summed E-state index contributed by atoms with van der Waals surface area (Å²) in [5, 5.41) is 11.5. The second kappa shape index (κ2) is 4.20. The van der Waals surface area contributed by atoms with Crippen LogP contribution in [0.5, 0.6) is 0 Å². The Morgan fingerprint density at radius 2 is 1.79 bits per heavy atom. The Morgan fingerprint density at radius 3 is 2.47 bits per heavy atom. The molecule has 0 unspecified atom stereocenters. The molecule has 0 fully saturated rings. The number of hydrogen-bond acceptors (Lipinski definition) is 2. The smallest absolute Gasteiger partial charge is 0.270 e. The molecule has 19 heavy (non-hydrogen) atoms. The van der Waals surface area contributed by atoms with E-state index in [0.29, 0.717) is 0 Å². The zero-order chi connectivity index (χ0) is 13.4. The lowest BCUT2D eigenvalue weighted by atomic mass is 10.2. The number of hydrogen-bond donors (Lipinski definition) is 0. The van der Waals surface area contributed by atoms with Crippen LogP contribution in [0.25, 0.3) is 16.6 Å². The molecule has 0 N–H and O–H groups in total. The van der Waals surface area contributed by atoms with Gasteiger partial charge in [-0.1, -0.05) is 0 Å². The highest BCUT2D eigenvalue weighted by molar-refractivity contribution is 5.84. The van der Waals surface area contributed by atoms with Gasteiger partial charge >= 0.3 is 0 Å². The minimum atomic E-state index is -0.422. The lowest BCUT2D eigenvalue weighted by Gasteiger charge is -2.05. The summed E-state index contributed by atoms with van der Waals surface area (Å²) in [5.41, 5.74) is 1.71. The Bertz CT molecular complexity index is 763. The van der Waals surface area contributed by atoms with Crippen LogP contribution in [-0.2, 0) is 0 Å². The number of fused-ring (bicyclic) bond motifs is 1. The van der Waals surface area contributed by atoms with E-state index in [2.05, 4.69) is 0 Å². The van der Waals surface area contributed by atoms with Gasteiger partial charge < -0.3 is 4.57 Å². The van der Waals surface area contributed by atoms with E-state index < -0.39 is 4.92 Å². The van der Waals surface area contributed by atoms with Gasteiger partial charge in [-0.2, -0.15) is 0 Å². The molecule has 0 aliphatic rings. The quantitative estimate of drug-likeness (QED) is 0.518. The Hall–Kier alpha value is -2.69. The molecule has 0 amide bonds. The van der Waals surface area contributed by atoms with Crippen LogP contribution in [0.4, 0.5) is 10.1 Å². The summed E-state index contributed by atoms with van der Waals surface area (Å²) in [5.74, 6) is -0.296. The molecule has 0 saturated carbocycles. The van der Waals surface area contributed by atoms with Crippen molar-refractivity contribution in [2.75, 3.05) is 0 Å². The summed E-state index contributed by atoms with van der Waals surface area (Å²) >= 11 is 0. The summed E-state index contributed by atoms with van der Waals surface area (Å²) in [6.45, 7) is 0. The number of halogens is 1. The Morgan fingerprint density at radius 1 is 1.05 bits per heavy atom. The first-order valence-electron chi connectivity index (χ1n) is 5.66. The van der Waals surface area contributed by atoms with Crippen molar-refractivity contribution in [3.63, 3.8) is 0 Å². The average molecular weight is 256 g/mol. The number of nitrogens with zero attached hydrogens (tertiary/aromatic N) is 2. The Balaban J connectivity index is 2.15. The minimum Gasteiger partial charge on any atom is -0.317 e. The molecule has 1 heterocycles. The van der Waals surface area contributed by atoms with Crippen molar-refractivity contribution in [3.8, 4) is 5.69 Å². The van der Waals surface area contributed by atoms with E-state index in [1.54, 1.807) is 24.3 Å². The summed E-state index contributed by atoms with van der Waals surface area (Å²) < 4.78 is 14.8. The van der Waals surface area contributed by atoms with Crippen molar-refractivity contribution in [3.05, 3.63) is 70.7 Å². The van der Waals surface area contributed by atoms with Crippen LogP contribution in [0.15, 0.2) is 54.7 Å². The summed E-state index contributed by atoms with van der Waals surface area (Å²) in [4.78, 5) is 10.3. The van der Waals surface area contributed by atoms with Crippen molar-refractivity contribution in [2.45, 2.75) is 0 Å². The molecule has 0 spiro atoms. The third-order valence-corrected chi connectivity index (χ3v) is 2.99. The van der Waals surface area contributed by atoms with Crippen molar-refractivity contribution in [1.82, 2.24) is 4.57 Å². The molecule has 3 aromatic rings. The number of benzene rings is 2. The van der Waals surface area contributed by atoms with Crippen LogP contribution in [0.2, 0.25) is 0 Å². The molecule has 0 aliphatic heterocycles. The predicted molar refractivity (Wildman–Crippen MR) is 69.9 cm³/mol. The molecule has 0 aliphatic carbocycles. The SMILES string of the molecule is O=[N+]([O-])c1ccc2c(ccn2-c2ccc(F)cc2)c1. The van der Waals surface area contributed by atoms with Gasteiger partial charge in [0.05, 0.1) is 10.4 Å². The van der Waals surface area contributed by atoms with Crippen LogP contribution in [0.3, 0.4) is 0 Å². The minimum absolute atomic E-state index is 0.0596. The molecular weight excluding hydrogens is 247 g/mol. The third-order valence-electron chi connectivity index (χ3n) is 2.99. The molecule has 0 radical (unpaired) electrons. The van der Waals surface area contributed by atoms with Gasteiger partial charge in [-0.15, -0.1) is 0 Å². The first-order chi connectivity index (χ1) is 9.15. The van der Waals surface area contributed by atoms with Crippen molar-refractivity contribution in [2.24, 2.45) is 0 Å². The molecular formula is C14H9FN2O2. The van der Waals surface area contributed by atoms with E-state index in [9.17, 15) is 14.5 Å². The van der Waals surface area contributed by atoms with Gasteiger partial charge in [-0.25, -0.2) is 4.39 Å². The Kier molecular flexibility index (Phi) is 2.52. The van der Waals surface area contributed by atoms with Gasteiger partial charge in [-0.3, -0.25) is 10.1 Å². The molecule has 1 aromatic heterocycles. The normalized spacial score (nSPS) is 10.8. The number of aromatic nitrogens is 1. The number of non-ortho nitro benzene ring substituents is 1. The zero-order valence-corrected chi connectivity index (χ0v) is 9.79. The van der Waals surface area contributed by atoms with E-state index in [-0.39, 0.29) is 11.5 Å². The fraction of sp³-hybridized carbons (Fsp3) is 0. The zero-order valence-electron chi connectivity index (χ0n) is 9.79. The molecule has 94 valence electrons. The summed E-state index contributed by atoms with van der Waals surface area (Å²) in [6, 6.07) is 12.6. The molecule has 2 aromatic carbocycles. The van der Waals surface area contributed by atoms with E-state index in [4.69, 9.17) is 0 Å². The van der Waals surface area contributed by atoms with Crippen LogP contribution < -0.4 is 0 Å². The monoisotopic (exact) mass is 256 g/mol. The predicted octanol–water partition coefficient (Wildman–Crippen LogP) is 3.68. The first kappa shape index (κ1) is 11.4. The lowest BCUT2D eigenvalue weighted by Crippen LogP contribution is -1.92. The largest absolute Gasteiger partial charge is 0.317 e. The van der Waals surface area contributed by atoms with Gasteiger partial charge in [-0.05, 0) is 36.4 Å². The first-order valence-corrected chi connectivity index (χ1v) is 5.66. The number of nitro groups is 1. The van der Waals surface area contributed by atoms with Gasteiger partial charge in [0.1, 0.15) is 5.82 Å². The highest BCUT2D eigenvalue weighted by Crippen LogP contribution is 2.24. The van der Waals surface area contributed by atoms with Crippen molar-refractivity contribution >= 4 is 16.6 Å². The van der Waals surface area contributed by atoms with E-state index in [0.717, 1.165) is 16.6 Å². The molecule has 0 saturated heterocycles. The standard InChI is InChI=1S/C14H9FN2O2/c15-11-1-3-12(4-2-11)16-8-7-10-9-13(17(18)19)5-6-14(10)16/h1-9H. The molecule has 3 rings (SSSR count). The summed E-state index contributed by atoms with van der Waals surface area (Å²) in [6.07, 6.45) is 1.81. The third kappa shape index (κ3) is 1.95. The van der Waals surface area contributed by atoms with E-state index in [1.807, 2.05) is 10.8 Å². The van der Waals surface area contributed by atoms with Crippen LogP contribution in [-0.4, -0.2) is 9.49 Å². The van der Waals surface area contributed by atoms with Crippen molar-refractivity contribution < 1.29 is 9.31 Å². The van der Waals surface area contributed by atoms with Crippen molar-refractivity contribution in [1.29, 1.82) is 0 Å². The topological polar surface area (TPSA) is 48.1 Å².